The molecule has 0 aromatic rings. The minimum atomic E-state index is 0.613. The van der Waals surface area contributed by atoms with Crippen LogP contribution < -0.4 is 0 Å². The normalized spacial score (nSPS) is 39.3. The van der Waals surface area contributed by atoms with Crippen LogP contribution in [0.15, 0.2) is 12.7 Å². The Morgan fingerprint density at radius 2 is 2.38 bits per heavy atom. The van der Waals surface area contributed by atoms with E-state index in [1.165, 1.54) is 32.1 Å². The second-order valence-electron chi connectivity index (χ2n) is 4.66. The molecule has 13 heavy (non-hydrogen) atoms. The van der Waals surface area contributed by atoms with Gasteiger partial charge in [0.2, 0.25) is 0 Å². The summed E-state index contributed by atoms with van der Waals surface area (Å²) in [6, 6.07) is 0. The first kappa shape index (κ1) is 9.26. The molecule has 1 nitrogen and oxygen atoms in total. The lowest BCUT2D eigenvalue weighted by molar-refractivity contribution is 0.0906. The van der Waals surface area contributed by atoms with Crippen LogP contribution >= 0.6 is 0 Å². The van der Waals surface area contributed by atoms with E-state index in [4.69, 9.17) is 4.74 Å². The molecule has 0 aliphatic carbocycles. The lowest BCUT2D eigenvalue weighted by atomic mass is 9.84. The molecule has 74 valence electrons. The van der Waals surface area contributed by atoms with Crippen molar-refractivity contribution >= 4 is 0 Å². The summed E-state index contributed by atoms with van der Waals surface area (Å²) < 4.78 is 5.82. The van der Waals surface area contributed by atoms with Gasteiger partial charge in [0, 0.05) is 0 Å². The van der Waals surface area contributed by atoms with Gasteiger partial charge in [0.15, 0.2) is 0 Å². The summed E-state index contributed by atoms with van der Waals surface area (Å²) in [4.78, 5) is 0. The van der Waals surface area contributed by atoms with Crippen molar-refractivity contribution in [3.05, 3.63) is 12.7 Å². The number of hydrogen-bond donors (Lipinski definition) is 0. The SMILES string of the molecule is C=CC(C)CC[C@@H]1C[C@@H]2CC[C@H]1O2. The lowest BCUT2D eigenvalue weighted by Crippen LogP contribution is -2.16. The largest absolute Gasteiger partial charge is 0.375 e. The first-order valence-corrected chi connectivity index (χ1v) is 5.57. The van der Waals surface area contributed by atoms with E-state index in [1.807, 2.05) is 0 Å². The number of ether oxygens (including phenoxy) is 1. The number of allylic oxidation sites excluding steroid dienone is 1. The molecule has 0 aromatic heterocycles. The maximum Gasteiger partial charge on any atom is 0.0609 e. The van der Waals surface area contributed by atoms with Gasteiger partial charge in [-0.15, -0.1) is 6.58 Å². The molecular formula is C12H20O. The van der Waals surface area contributed by atoms with Crippen LogP contribution in [0.4, 0.5) is 0 Å². The summed E-state index contributed by atoms with van der Waals surface area (Å²) in [5, 5.41) is 0. The molecule has 0 aromatic carbocycles. The van der Waals surface area contributed by atoms with Crippen molar-refractivity contribution in [1.29, 1.82) is 0 Å². The third-order valence-electron chi connectivity index (χ3n) is 3.63. The van der Waals surface area contributed by atoms with Crippen molar-refractivity contribution in [2.75, 3.05) is 0 Å². The second-order valence-corrected chi connectivity index (χ2v) is 4.66. The standard InChI is InChI=1S/C12H20O/c1-3-9(2)4-5-10-8-11-6-7-12(10)13-11/h3,9-12H,1,4-8H2,2H3/t9?,10-,11+,12-/m1/s1. The molecule has 0 saturated carbocycles. The minimum absolute atomic E-state index is 0.613. The fourth-order valence-corrected chi connectivity index (χ4v) is 2.64. The highest BCUT2D eigenvalue weighted by Crippen LogP contribution is 2.41. The molecule has 0 amide bonds. The second kappa shape index (κ2) is 3.83. The zero-order chi connectivity index (χ0) is 9.26. The molecule has 2 heterocycles. The fraction of sp³-hybridized carbons (Fsp3) is 0.833. The molecule has 4 atom stereocenters. The van der Waals surface area contributed by atoms with Gasteiger partial charge in [-0.2, -0.15) is 0 Å². The van der Waals surface area contributed by atoms with Gasteiger partial charge in [-0.1, -0.05) is 13.0 Å². The van der Waals surface area contributed by atoms with Crippen LogP contribution in [0.5, 0.6) is 0 Å². The van der Waals surface area contributed by atoms with E-state index in [0.29, 0.717) is 18.1 Å². The average molecular weight is 180 g/mol. The van der Waals surface area contributed by atoms with Crippen LogP contribution in [0.1, 0.15) is 39.0 Å². The van der Waals surface area contributed by atoms with Gasteiger partial charge in [0.25, 0.3) is 0 Å². The topological polar surface area (TPSA) is 9.23 Å². The Balaban J connectivity index is 1.74. The zero-order valence-electron chi connectivity index (χ0n) is 8.54. The quantitative estimate of drug-likeness (QED) is 0.604. The van der Waals surface area contributed by atoms with E-state index < -0.39 is 0 Å². The first-order chi connectivity index (χ1) is 6.29. The average Bonchev–Trinajstić information content (AvgIpc) is 2.74. The predicted octanol–water partition coefficient (Wildman–Crippen LogP) is 3.16. The van der Waals surface area contributed by atoms with Crippen molar-refractivity contribution < 1.29 is 4.74 Å². The van der Waals surface area contributed by atoms with E-state index >= 15 is 0 Å². The van der Waals surface area contributed by atoms with Gasteiger partial charge in [0.1, 0.15) is 0 Å². The van der Waals surface area contributed by atoms with Gasteiger partial charge in [-0.25, -0.2) is 0 Å². The number of rotatable bonds is 4. The number of fused-ring (bicyclic) bond motifs is 2. The van der Waals surface area contributed by atoms with E-state index in [0.717, 1.165) is 5.92 Å². The van der Waals surface area contributed by atoms with E-state index in [1.54, 1.807) is 0 Å². The van der Waals surface area contributed by atoms with Gasteiger partial charge < -0.3 is 4.74 Å². The van der Waals surface area contributed by atoms with Crippen LogP contribution in [0.3, 0.4) is 0 Å². The molecule has 0 N–H and O–H groups in total. The third kappa shape index (κ3) is 1.96. The molecule has 2 rings (SSSR count). The molecule has 2 aliphatic rings. The Kier molecular flexibility index (Phi) is 2.73. The predicted molar refractivity (Wildman–Crippen MR) is 54.6 cm³/mol. The smallest absolute Gasteiger partial charge is 0.0609 e. The van der Waals surface area contributed by atoms with E-state index in [9.17, 15) is 0 Å². The summed E-state index contributed by atoms with van der Waals surface area (Å²) in [6.07, 6.45) is 9.89. The van der Waals surface area contributed by atoms with Crippen molar-refractivity contribution in [1.82, 2.24) is 0 Å². The monoisotopic (exact) mass is 180 g/mol. The van der Waals surface area contributed by atoms with Crippen molar-refractivity contribution in [2.45, 2.75) is 51.2 Å². The van der Waals surface area contributed by atoms with Crippen molar-refractivity contribution in [3.63, 3.8) is 0 Å². The Bertz CT molecular complexity index is 188. The van der Waals surface area contributed by atoms with Crippen LogP contribution in [0.25, 0.3) is 0 Å². The highest BCUT2D eigenvalue weighted by atomic mass is 16.5. The Labute approximate surface area is 81.2 Å². The van der Waals surface area contributed by atoms with E-state index in [2.05, 4.69) is 19.6 Å². The van der Waals surface area contributed by atoms with Crippen LogP contribution in [0, 0.1) is 11.8 Å². The van der Waals surface area contributed by atoms with Crippen LogP contribution in [0.2, 0.25) is 0 Å². The maximum absolute atomic E-state index is 5.82. The molecule has 1 heteroatoms. The molecule has 2 bridgehead atoms. The van der Waals surface area contributed by atoms with Gasteiger partial charge in [-0.05, 0) is 43.9 Å². The molecule has 2 aliphatic heterocycles. The summed E-state index contributed by atoms with van der Waals surface area (Å²) in [7, 11) is 0. The van der Waals surface area contributed by atoms with Crippen LogP contribution in [-0.4, -0.2) is 12.2 Å². The Hall–Kier alpha value is -0.300. The minimum Gasteiger partial charge on any atom is -0.375 e. The van der Waals surface area contributed by atoms with Crippen LogP contribution in [-0.2, 0) is 4.74 Å². The fourth-order valence-electron chi connectivity index (χ4n) is 2.64. The Morgan fingerprint density at radius 1 is 1.54 bits per heavy atom. The maximum atomic E-state index is 5.82. The molecule has 1 unspecified atom stereocenters. The van der Waals surface area contributed by atoms with Gasteiger partial charge in [0.05, 0.1) is 12.2 Å². The molecule has 0 radical (unpaired) electrons. The highest BCUT2D eigenvalue weighted by molar-refractivity contribution is 4.90. The first-order valence-electron chi connectivity index (χ1n) is 5.57. The molecule has 2 fully saturated rings. The molecule has 2 saturated heterocycles. The van der Waals surface area contributed by atoms with Gasteiger partial charge >= 0.3 is 0 Å². The summed E-state index contributed by atoms with van der Waals surface area (Å²) in [5.74, 6) is 1.54. The third-order valence-corrected chi connectivity index (χ3v) is 3.63. The Morgan fingerprint density at radius 3 is 2.92 bits per heavy atom. The molecular weight excluding hydrogens is 160 g/mol. The molecule has 0 spiro atoms. The zero-order valence-corrected chi connectivity index (χ0v) is 8.54. The summed E-state index contributed by atoms with van der Waals surface area (Å²) in [6.45, 7) is 6.07. The number of hydrogen-bond acceptors (Lipinski definition) is 1. The van der Waals surface area contributed by atoms with Crippen molar-refractivity contribution in [2.24, 2.45) is 11.8 Å². The summed E-state index contributed by atoms with van der Waals surface area (Å²) >= 11 is 0. The van der Waals surface area contributed by atoms with Crippen molar-refractivity contribution in [3.8, 4) is 0 Å². The highest BCUT2D eigenvalue weighted by Gasteiger charge is 2.40. The summed E-state index contributed by atoms with van der Waals surface area (Å²) in [5.41, 5.74) is 0. The van der Waals surface area contributed by atoms with Gasteiger partial charge in [-0.3, -0.25) is 0 Å². The lowest BCUT2D eigenvalue weighted by Gasteiger charge is -2.19. The van der Waals surface area contributed by atoms with E-state index in [-0.39, 0.29) is 0 Å².